The molecule has 4 nitrogen and oxygen atoms in total. The van der Waals surface area contributed by atoms with Gasteiger partial charge in [-0.3, -0.25) is 4.79 Å². The molecule has 152 valence electrons. The van der Waals surface area contributed by atoms with Crippen LogP contribution in [0.5, 0.6) is 0 Å². The second-order valence-electron chi connectivity index (χ2n) is 8.39. The Bertz CT molecular complexity index is 592. The molecule has 2 aliphatic rings. The molecule has 0 saturated heterocycles. The van der Waals surface area contributed by atoms with Crippen LogP contribution in [-0.4, -0.2) is 30.2 Å². The van der Waals surface area contributed by atoms with Crippen LogP contribution in [0.2, 0.25) is 0 Å². The van der Waals surface area contributed by atoms with Crippen LogP contribution in [0.3, 0.4) is 0 Å². The van der Waals surface area contributed by atoms with E-state index in [0.717, 1.165) is 41.7 Å². The molecule has 1 aromatic rings. The molecule has 0 spiro atoms. The minimum absolute atomic E-state index is 0.323. The SMILES string of the molecule is CC(O)(C=O)NSc1ccc(F)cc1.CNC1C(C)CC2CC(C)CC1C2. The number of halogens is 1. The maximum Gasteiger partial charge on any atom is 0.178 e. The minimum atomic E-state index is -1.57. The van der Waals surface area contributed by atoms with E-state index in [1.54, 1.807) is 12.1 Å². The molecule has 3 rings (SSSR count). The molecule has 2 fully saturated rings. The van der Waals surface area contributed by atoms with Crippen LogP contribution in [0.25, 0.3) is 0 Å². The molecule has 2 bridgehead atoms. The van der Waals surface area contributed by atoms with E-state index >= 15 is 0 Å². The molecule has 3 N–H and O–H groups in total. The lowest BCUT2D eigenvalue weighted by atomic mass is 9.63. The fourth-order valence-corrected chi connectivity index (χ4v) is 5.28. The molecule has 0 aromatic heterocycles. The smallest absolute Gasteiger partial charge is 0.178 e. The van der Waals surface area contributed by atoms with Crippen LogP contribution in [0.1, 0.15) is 46.5 Å². The van der Waals surface area contributed by atoms with Gasteiger partial charge in [-0.25, -0.2) is 9.11 Å². The molecule has 0 radical (unpaired) electrons. The van der Waals surface area contributed by atoms with Crippen molar-refractivity contribution in [3.05, 3.63) is 30.1 Å². The largest absolute Gasteiger partial charge is 0.369 e. The van der Waals surface area contributed by atoms with Gasteiger partial charge in [0.25, 0.3) is 0 Å². The first-order chi connectivity index (χ1) is 12.7. The van der Waals surface area contributed by atoms with E-state index in [9.17, 15) is 14.3 Å². The van der Waals surface area contributed by atoms with Gasteiger partial charge in [0.2, 0.25) is 0 Å². The van der Waals surface area contributed by atoms with Crippen molar-refractivity contribution in [3.8, 4) is 0 Å². The zero-order valence-electron chi connectivity index (χ0n) is 16.7. The summed E-state index contributed by atoms with van der Waals surface area (Å²) in [6, 6.07) is 6.51. The topological polar surface area (TPSA) is 61.4 Å². The summed E-state index contributed by atoms with van der Waals surface area (Å²) in [5, 5.41) is 12.8. The lowest BCUT2D eigenvalue weighted by Gasteiger charge is -2.46. The summed E-state index contributed by atoms with van der Waals surface area (Å²) in [5.41, 5.74) is -1.57. The molecule has 0 amide bonds. The Hall–Kier alpha value is -0.950. The molecule has 6 atom stereocenters. The molecule has 2 saturated carbocycles. The highest BCUT2D eigenvalue weighted by atomic mass is 32.2. The van der Waals surface area contributed by atoms with Crippen molar-refractivity contribution in [2.75, 3.05) is 7.05 Å². The summed E-state index contributed by atoms with van der Waals surface area (Å²) in [4.78, 5) is 11.0. The molecule has 6 heteroatoms. The second-order valence-corrected chi connectivity index (χ2v) is 9.27. The van der Waals surface area contributed by atoms with Gasteiger partial charge < -0.3 is 10.4 Å². The van der Waals surface area contributed by atoms with Crippen molar-refractivity contribution in [1.29, 1.82) is 0 Å². The maximum atomic E-state index is 12.5. The third kappa shape index (κ3) is 6.86. The maximum absolute atomic E-state index is 12.5. The van der Waals surface area contributed by atoms with Crippen LogP contribution in [0.4, 0.5) is 4.39 Å². The van der Waals surface area contributed by atoms with Gasteiger partial charge in [0.1, 0.15) is 5.82 Å². The van der Waals surface area contributed by atoms with Crippen LogP contribution in [0, 0.1) is 29.5 Å². The summed E-state index contributed by atoms with van der Waals surface area (Å²) >= 11 is 1.06. The predicted octanol–water partition coefficient (Wildman–Crippen LogP) is 4.00. The van der Waals surface area contributed by atoms with Crippen molar-refractivity contribution in [2.24, 2.45) is 23.7 Å². The monoisotopic (exact) mass is 396 g/mol. The molecule has 0 aliphatic heterocycles. The molecular weight excluding hydrogens is 363 g/mol. The number of benzene rings is 1. The summed E-state index contributed by atoms with van der Waals surface area (Å²) in [5.74, 6) is 3.58. The highest BCUT2D eigenvalue weighted by molar-refractivity contribution is 7.97. The van der Waals surface area contributed by atoms with E-state index in [0.29, 0.717) is 11.2 Å². The van der Waals surface area contributed by atoms with Crippen LogP contribution in [-0.2, 0) is 4.79 Å². The van der Waals surface area contributed by atoms with Crippen molar-refractivity contribution in [2.45, 2.75) is 63.1 Å². The van der Waals surface area contributed by atoms with Gasteiger partial charge in [-0.1, -0.05) is 13.8 Å². The van der Waals surface area contributed by atoms with E-state index in [2.05, 4.69) is 30.9 Å². The van der Waals surface area contributed by atoms with Crippen molar-refractivity contribution in [3.63, 3.8) is 0 Å². The first-order valence-corrected chi connectivity index (χ1v) is 10.6. The van der Waals surface area contributed by atoms with Crippen LogP contribution >= 0.6 is 11.9 Å². The molecular formula is C21H33FN2O2S. The first kappa shape index (κ1) is 22.3. The average molecular weight is 397 g/mol. The molecule has 2 aliphatic carbocycles. The number of hydrogen-bond donors (Lipinski definition) is 3. The van der Waals surface area contributed by atoms with Crippen molar-refractivity contribution in [1.82, 2.24) is 10.0 Å². The number of aliphatic hydroxyl groups is 1. The van der Waals surface area contributed by atoms with E-state index in [4.69, 9.17) is 0 Å². The number of nitrogens with one attached hydrogen (secondary N) is 2. The molecule has 27 heavy (non-hydrogen) atoms. The highest BCUT2D eigenvalue weighted by Gasteiger charge is 2.38. The predicted molar refractivity (Wildman–Crippen MR) is 109 cm³/mol. The summed E-state index contributed by atoms with van der Waals surface area (Å²) in [6.45, 7) is 6.19. The van der Waals surface area contributed by atoms with Gasteiger partial charge in [0, 0.05) is 10.9 Å². The second kappa shape index (κ2) is 10.0. The summed E-state index contributed by atoms with van der Waals surface area (Å²) < 4.78 is 15.0. The van der Waals surface area contributed by atoms with Gasteiger partial charge in [0.05, 0.1) is 0 Å². The zero-order valence-corrected chi connectivity index (χ0v) is 17.6. The lowest BCUT2D eigenvalue weighted by molar-refractivity contribution is -0.123. The molecule has 0 heterocycles. The number of carbonyl (C=O) groups is 1. The van der Waals surface area contributed by atoms with Crippen molar-refractivity contribution >= 4 is 18.2 Å². The van der Waals surface area contributed by atoms with Gasteiger partial charge >= 0.3 is 0 Å². The minimum Gasteiger partial charge on any atom is -0.369 e. The van der Waals surface area contributed by atoms with Gasteiger partial charge in [-0.05, 0) is 99.5 Å². The van der Waals surface area contributed by atoms with Gasteiger partial charge in [0.15, 0.2) is 12.0 Å². The van der Waals surface area contributed by atoms with Crippen molar-refractivity contribution < 1.29 is 14.3 Å². The highest BCUT2D eigenvalue weighted by Crippen LogP contribution is 2.44. The van der Waals surface area contributed by atoms with E-state index < -0.39 is 5.72 Å². The average Bonchev–Trinajstić information content (AvgIpc) is 2.61. The molecule has 1 aromatic carbocycles. The first-order valence-electron chi connectivity index (χ1n) is 9.79. The summed E-state index contributed by atoms with van der Waals surface area (Å²) in [7, 11) is 2.14. The van der Waals surface area contributed by atoms with Gasteiger partial charge in [-0.2, -0.15) is 0 Å². The van der Waals surface area contributed by atoms with Crippen LogP contribution in [0.15, 0.2) is 29.2 Å². The van der Waals surface area contributed by atoms with E-state index in [1.165, 1.54) is 44.7 Å². The standard InChI is InChI=1S/C12H23N.C9H10FNO2S/c1-8-4-10-6-9(2)12(13-3)11(5-8)7-10;1-9(13,6-12)11-14-8-4-2-7(10)3-5-8/h8-13H,4-7H2,1-3H3;2-6,11,13H,1H3. The fourth-order valence-electron chi connectivity index (χ4n) is 4.63. The Kier molecular flexibility index (Phi) is 8.28. The number of hydrogen-bond acceptors (Lipinski definition) is 5. The summed E-state index contributed by atoms with van der Waals surface area (Å²) in [6.07, 6.45) is 6.32. The third-order valence-electron chi connectivity index (χ3n) is 5.65. The molecule has 6 unspecified atom stereocenters. The Morgan fingerprint density at radius 3 is 2.44 bits per heavy atom. The fraction of sp³-hybridized carbons (Fsp3) is 0.667. The Labute approximate surface area is 166 Å². The number of carbonyl (C=O) groups excluding carboxylic acids is 1. The normalized spacial score (nSPS) is 32.0. The van der Waals surface area contributed by atoms with Crippen LogP contribution < -0.4 is 10.0 Å². The number of aldehydes is 1. The Morgan fingerprint density at radius 1 is 1.19 bits per heavy atom. The third-order valence-corrected chi connectivity index (χ3v) is 6.68. The lowest BCUT2D eigenvalue weighted by Crippen LogP contribution is -2.47. The van der Waals surface area contributed by atoms with Gasteiger partial charge in [-0.15, -0.1) is 0 Å². The number of fused-ring (bicyclic) bond motifs is 2. The number of rotatable bonds is 5. The van der Waals surface area contributed by atoms with E-state index in [-0.39, 0.29) is 5.82 Å². The Morgan fingerprint density at radius 2 is 1.85 bits per heavy atom. The quantitative estimate of drug-likeness (QED) is 0.399. The Balaban J connectivity index is 0.000000194. The van der Waals surface area contributed by atoms with E-state index in [1.807, 2.05) is 0 Å². The zero-order chi connectivity index (χ0) is 20.0.